The number of likely N-dealkylation sites (N-methyl/N-ethyl adjacent to an activating group) is 1. The minimum atomic E-state index is -3.48. The molecule has 0 aromatic heterocycles. The summed E-state index contributed by atoms with van der Waals surface area (Å²) in [6.07, 6.45) is 3.16. The molecular weight excluding hydrogens is 388 g/mol. The van der Waals surface area contributed by atoms with E-state index < -0.39 is 10.0 Å². The Hall–Kier alpha value is -2.64. The summed E-state index contributed by atoms with van der Waals surface area (Å²) in [5.74, 6) is 0.634. The van der Waals surface area contributed by atoms with Gasteiger partial charge in [0.05, 0.1) is 12.0 Å². The minimum Gasteiger partial charge on any atom is -0.497 e. The van der Waals surface area contributed by atoms with Crippen LogP contribution in [0.2, 0.25) is 0 Å². The maximum atomic E-state index is 12.5. The highest BCUT2D eigenvalue weighted by molar-refractivity contribution is 7.89. The second kappa shape index (κ2) is 10.2. The summed E-state index contributed by atoms with van der Waals surface area (Å²) >= 11 is 0. The third kappa shape index (κ3) is 5.92. The van der Waals surface area contributed by atoms with Crippen LogP contribution < -0.4 is 4.74 Å². The molecule has 0 fully saturated rings. The molecule has 0 bridgehead atoms. The lowest BCUT2D eigenvalue weighted by Crippen LogP contribution is -2.30. The Morgan fingerprint density at radius 2 is 1.59 bits per heavy atom. The van der Waals surface area contributed by atoms with Gasteiger partial charge >= 0.3 is 0 Å². The molecule has 1 amide bonds. The number of carbonyl (C=O) groups is 1. The molecule has 2 aromatic carbocycles. The molecule has 2 aromatic rings. The van der Waals surface area contributed by atoms with Gasteiger partial charge in [-0.3, -0.25) is 4.79 Å². The lowest BCUT2D eigenvalue weighted by molar-refractivity contribution is -0.125. The van der Waals surface area contributed by atoms with Crippen molar-refractivity contribution < 1.29 is 17.9 Å². The van der Waals surface area contributed by atoms with E-state index in [0.717, 1.165) is 16.9 Å². The van der Waals surface area contributed by atoms with Crippen molar-refractivity contribution in [3.63, 3.8) is 0 Å². The van der Waals surface area contributed by atoms with Crippen LogP contribution in [0.5, 0.6) is 5.75 Å². The van der Waals surface area contributed by atoms with Crippen molar-refractivity contribution in [3.8, 4) is 5.75 Å². The Labute approximate surface area is 173 Å². The Morgan fingerprint density at radius 3 is 2.10 bits per heavy atom. The van der Waals surface area contributed by atoms with Crippen molar-refractivity contribution in [2.24, 2.45) is 0 Å². The molecule has 0 spiro atoms. The van der Waals surface area contributed by atoms with E-state index in [9.17, 15) is 13.2 Å². The number of benzene rings is 2. The first kappa shape index (κ1) is 22.6. The van der Waals surface area contributed by atoms with E-state index in [1.54, 1.807) is 49.4 Å². The van der Waals surface area contributed by atoms with Gasteiger partial charge in [-0.15, -0.1) is 0 Å². The fourth-order valence-corrected chi connectivity index (χ4v) is 4.30. The summed E-state index contributed by atoms with van der Waals surface area (Å²) in [5.41, 5.74) is 1.76. The van der Waals surface area contributed by atoms with Crippen LogP contribution in [-0.4, -0.2) is 50.8 Å². The zero-order valence-corrected chi connectivity index (χ0v) is 18.1. The largest absolute Gasteiger partial charge is 0.497 e. The fourth-order valence-electron chi connectivity index (χ4n) is 2.84. The van der Waals surface area contributed by atoms with E-state index in [0.29, 0.717) is 19.6 Å². The van der Waals surface area contributed by atoms with Crippen LogP contribution >= 0.6 is 0 Å². The highest BCUT2D eigenvalue weighted by atomic mass is 32.2. The van der Waals surface area contributed by atoms with Crippen LogP contribution in [0.4, 0.5) is 0 Å². The zero-order valence-electron chi connectivity index (χ0n) is 17.3. The SMILES string of the molecule is CCN(CC)S(=O)(=O)c1ccc(/C=C/C(=O)N(C)Cc2ccc(OC)cc2)cc1. The first-order valence-corrected chi connectivity index (χ1v) is 10.9. The average Bonchev–Trinajstić information content (AvgIpc) is 2.73. The molecule has 2 rings (SSSR count). The number of hydrogen-bond acceptors (Lipinski definition) is 4. The first-order valence-electron chi connectivity index (χ1n) is 9.48. The van der Waals surface area contributed by atoms with Gasteiger partial charge in [0, 0.05) is 32.8 Å². The Balaban J connectivity index is 2.02. The molecule has 0 unspecified atom stereocenters. The number of nitrogens with zero attached hydrogens (tertiary/aromatic N) is 2. The van der Waals surface area contributed by atoms with Crippen molar-refractivity contribution in [2.75, 3.05) is 27.2 Å². The average molecular weight is 417 g/mol. The molecule has 6 nitrogen and oxygen atoms in total. The van der Waals surface area contributed by atoms with Gasteiger partial charge in [-0.25, -0.2) is 8.42 Å². The van der Waals surface area contributed by atoms with Crippen LogP contribution in [0.25, 0.3) is 6.08 Å². The Morgan fingerprint density at radius 1 is 1.00 bits per heavy atom. The maximum absolute atomic E-state index is 12.5. The number of rotatable bonds is 9. The molecule has 29 heavy (non-hydrogen) atoms. The molecule has 0 saturated heterocycles. The number of hydrogen-bond donors (Lipinski definition) is 0. The Bertz CT molecular complexity index is 932. The molecule has 0 aliphatic rings. The molecule has 0 aliphatic heterocycles. The van der Waals surface area contributed by atoms with Crippen LogP contribution in [-0.2, 0) is 21.4 Å². The molecule has 0 heterocycles. The second-order valence-corrected chi connectivity index (χ2v) is 8.47. The summed E-state index contributed by atoms with van der Waals surface area (Å²) < 4.78 is 31.6. The van der Waals surface area contributed by atoms with Crippen molar-refractivity contribution in [1.29, 1.82) is 0 Å². The lowest BCUT2D eigenvalue weighted by Gasteiger charge is -2.18. The van der Waals surface area contributed by atoms with Crippen LogP contribution in [0.3, 0.4) is 0 Å². The van der Waals surface area contributed by atoms with Crippen molar-refractivity contribution in [2.45, 2.75) is 25.3 Å². The molecule has 0 saturated carbocycles. The smallest absolute Gasteiger partial charge is 0.246 e. The predicted molar refractivity (Wildman–Crippen MR) is 115 cm³/mol. The summed E-state index contributed by atoms with van der Waals surface area (Å²) in [5, 5.41) is 0. The quantitative estimate of drug-likeness (QED) is 0.588. The summed E-state index contributed by atoms with van der Waals surface area (Å²) in [6, 6.07) is 14.1. The molecule has 156 valence electrons. The fraction of sp³-hybridized carbons (Fsp3) is 0.318. The second-order valence-electron chi connectivity index (χ2n) is 6.53. The predicted octanol–water partition coefficient (Wildman–Crippen LogP) is 3.40. The van der Waals surface area contributed by atoms with Gasteiger partial charge in [0.2, 0.25) is 15.9 Å². The number of amides is 1. The summed E-state index contributed by atoms with van der Waals surface area (Å²) in [7, 11) is -0.132. The number of sulfonamides is 1. The monoisotopic (exact) mass is 416 g/mol. The highest BCUT2D eigenvalue weighted by Gasteiger charge is 2.20. The van der Waals surface area contributed by atoms with Crippen molar-refractivity contribution in [1.82, 2.24) is 9.21 Å². The van der Waals surface area contributed by atoms with Crippen molar-refractivity contribution >= 4 is 22.0 Å². The van der Waals surface area contributed by atoms with Crippen LogP contribution in [0.15, 0.2) is 59.5 Å². The molecule has 0 atom stereocenters. The summed E-state index contributed by atoms with van der Waals surface area (Å²) in [6.45, 7) is 4.96. The number of ether oxygens (including phenoxy) is 1. The van der Waals surface area contributed by atoms with E-state index in [1.807, 2.05) is 38.1 Å². The highest BCUT2D eigenvalue weighted by Crippen LogP contribution is 2.17. The molecule has 0 N–H and O–H groups in total. The van der Waals surface area contributed by atoms with E-state index in [2.05, 4.69) is 0 Å². The maximum Gasteiger partial charge on any atom is 0.246 e. The minimum absolute atomic E-state index is 0.138. The Kier molecular flexibility index (Phi) is 7.99. The van der Waals surface area contributed by atoms with Crippen molar-refractivity contribution in [3.05, 3.63) is 65.7 Å². The first-order chi connectivity index (χ1) is 13.8. The molecule has 7 heteroatoms. The zero-order chi connectivity index (χ0) is 21.4. The van der Waals surface area contributed by atoms with E-state index in [1.165, 1.54) is 10.4 Å². The normalized spacial score (nSPS) is 11.8. The standard InChI is InChI=1S/C22H28N2O4S/c1-5-24(6-2)29(26,27)21-14-9-18(10-15-21)11-16-22(25)23(3)17-19-7-12-20(28-4)13-8-19/h7-16H,5-6,17H2,1-4H3/b16-11+. The molecular formula is C22H28N2O4S. The van der Waals surface area contributed by atoms with Gasteiger partial charge in [-0.1, -0.05) is 38.1 Å². The summed E-state index contributed by atoms with van der Waals surface area (Å²) in [4.78, 5) is 14.2. The third-order valence-electron chi connectivity index (χ3n) is 4.60. The number of carbonyl (C=O) groups excluding carboxylic acids is 1. The lowest BCUT2D eigenvalue weighted by atomic mass is 10.2. The van der Waals surface area contributed by atoms with E-state index in [-0.39, 0.29) is 10.8 Å². The van der Waals surface area contributed by atoms with Crippen LogP contribution in [0, 0.1) is 0 Å². The molecule has 0 aliphatic carbocycles. The van der Waals surface area contributed by atoms with Gasteiger partial charge in [-0.05, 0) is 41.5 Å². The van der Waals surface area contributed by atoms with E-state index >= 15 is 0 Å². The van der Waals surface area contributed by atoms with E-state index in [4.69, 9.17) is 4.74 Å². The van der Waals surface area contributed by atoms with Gasteiger partial charge in [0.25, 0.3) is 0 Å². The van der Waals surface area contributed by atoms with Gasteiger partial charge < -0.3 is 9.64 Å². The number of methoxy groups -OCH3 is 1. The van der Waals surface area contributed by atoms with Crippen LogP contribution in [0.1, 0.15) is 25.0 Å². The molecule has 0 radical (unpaired) electrons. The topological polar surface area (TPSA) is 66.9 Å². The third-order valence-corrected chi connectivity index (χ3v) is 6.66. The van der Waals surface area contributed by atoms with Gasteiger partial charge in [0.15, 0.2) is 0 Å². The van der Waals surface area contributed by atoms with Gasteiger partial charge in [0.1, 0.15) is 5.75 Å². The van der Waals surface area contributed by atoms with Gasteiger partial charge in [-0.2, -0.15) is 4.31 Å².